The van der Waals surface area contributed by atoms with Gasteiger partial charge in [0.25, 0.3) is 5.91 Å². The van der Waals surface area contributed by atoms with E-state index in [-0.39, 0.29) is 5.91 Å². The Morgan fingerprint density at radius 2 is 1.94 bits per heavy atom. The van der Waals surface area contributed by atoms with Crippen LogP contribution < -0.4 is 11.1 Å². The first kappa shape index (κ1) is 12.2. The second kappa shape index (κ2) is 4.56. The Labute approximate surface area is 106 Å². The Morgan fingerprint density at radius 3 is 2.56 bits per heavy atom. The molecule has 94 valence electrons. The smallest absolute Gasteiger partial charge is 0.259 e. The molecule has 0 aliphatic carbocycles. The van der Waals surface area contributed by atoms with Gasteiger partial charge in [0.1, 0.15) is 5.76 Å². The van der Waals surface area contributed by atoms with Crippen LogP contribution in [0.3, 0.4) is 0 Å². The molecule has 1 heterocycles. The van der Waals surface area contributed by atoms with Crippen LogP contribution in [0.15, 0.2) is 28.9 Å². The molecule has 0 fully saturated rings. The van der Waals surface area contributed by atoms with Crippen molar-refractivity contribution in [3.8, 4) is 0 Å². The number of carbonyl (C=O) groups excluding carboxylic acids is 1. The predicted octanol–water partition coefficient (Wildman–Crippen LogP) is 3.04. The largest absolute Gasteiger partial charge is 0.469 e. The number of nitrogens with two attached hydrogens (primary N) is 1. The van der Waals surface area contributed by atoms with Gasteiger partial charge in [-0.05, 0) is 44.0 Å². The standard InChI is InChI=1S/C14H16N2O2/c1-8-6-9(2)13(7-12(8)15)16-14(17)11-4-5-18-10(11)3/h4-7H,15H2,1-3H3,(H,16,17). The van der Waals surface area contributed by atoms with Crippen molar-refractivity contribution in [1.82, 2.24) is 0 Å². The molecule has 0 saturated heterocycles. The highest BCUT2D eigenvalue weighted by atomic mass is 16.3. The third-order valence-corrected chi connectivity index (χ3v) is 2.96. The van der Waals surface area contributed by atoms with Gasteiger partial charge in [0.15, 0.2) is 0 Å². The molecule has 0 radical (unpaired) electrons. The third kappa shape index (κ3) is 2.22. The zero-order valence-corrected chi connectivity index (χ0v) is 10.7. The van der Waals surface area contributed by atoms with E-state index in [2.05, 4.69) is 5.32 Å². The summed E-state index contributed by atoms with van der Waals surface area (Å²) in [6, 6.07) is 5.38. The first-order valence-electron chi connectivity index (χ1n) is 5.71. The highest BCUT2D eigenvalue weighted by molar-refractivity contribution is 6.05. The summed E-state index contributed by atoms with van der Waals surface area (Å²) < 4.78 is 5.11. The minimum absolute atomic E-state index is 0.187. The van der Waals surface area contributed by atoms with E-state index in [1.54, 1.807) is 19.1 Å². The van der Waals surface area contributed by atoms with E-state index in [4.69, 9.17) is 10.2 Å². The fraction of sp³-hybridized carbons (Fsp3) is 0.214. The van der Waals surface area contributed by atoms with E-state index in [1.807, 2.05) is 19.9 Å². The van der Waals surface area contributed by atoms with E-state index in [9.17, 15) is 4.79 Å². The average Bonchev–Trinajstić information content (AvgIpc) is 2.72. The third-order valence-electron chi connectivity index (χ3n) is 2.96. The number of nitrogens with one attached hydrogen (secondary N) is 1. The van der Waals surface area contributed by atoms with Crippen molar-refractivity contribution in [1.29, 1.82) is 0 Å². The van der Waals surface area contributed by atoms with E-state index in [0.29, 0.717) is 17.0 Å². The molecule has 1 amide bonds. The van der Waals surface area contributed by atoms with Crippen LogP contribution in [-0.2, 0) is 0 Å². The normalized spacial score (nSPS) is 10.4. The number of benzene rings is 1. The highest BCUT2D eigenvalue weighted by Gasteiger charge is 2.13. The Hall–Kier alpha value is -2.23. The Bertz CT molecular complexity index is 600. The molecule has 0 unspecified atom stereocenters. The van der Waals surface area contributed by atoms with Crippen LogP contribution >= 0.6 is 0 Å². The summed E-state index contributed by atoms with van der Waals surface area (Å²) in [6.45, 7) is 5.63. The lowest BCUT2D eigenvalue weighted by Gasteiger charge is -2.10. The van der Waals surface area contributed by atoms with Gasteiger partial charge in [-0.15, -0.1) is 0 Å². The summed E-state index contributed by atoms with van der Waals surface area (Å²) in [4.78, 5) is 12.0. The fourth-order valence-electron chi connectivity index (χ4n) is 1.81. The number of carbonyl (C=O) groups is 1. The molecular weight excluding hydrogens is 228 g/mol. The molecular formula is C14H16N2O2. The molecule has 0 aliphatic heterocycles. The lowest BCUT2D eigenvalue weighted by atomic mass is 10.1. The zero-order valence-electron chi connectivity index (χ0n) is 10.7. The molecule has 1 aromatic heterocycles. The number of nitrogen functional groups attached to an aromatic ring is 1. The second-order valence-electron chi connectivity index (χ2n) is 4.37. The van der Waals surface area contributed by atoms with Crippen LogP contribution in [0.2, 0.25) is 0 Å². The summed E-state index contributed by atoms with van der Waals surface area (Å²) in [5, 5.41) is 2.84. The van der Waals surface area contributed by atoms with Crippen molar-refractivity contribution in [2.45, 2.75) is 20.8 Å². The van der Waals surface area contributed by atoms with E-state index in [0.717, 1.165) is 16.8 Å². The van der Waals surface area contributed by atoms with Gasteiger partial charge < -0.3 is 15.5 Å². The first-order valence-corrected chi connectivity index (χ1v) is 5.71. The summed E-state index contributed by atoms with van der Waals surface area (Å²) in [5.41, 5.74) is 9.76. The van der Waals surface area contributed by atoms with E-state index < -0.39 is 0 Å². The molecule has 0 saturated carbocycles. The van der Waals surface area contributed by atoms with Gasteiger partial charge in [-0.2, -0.15) is 0 Å². The zero-order chi connectivity index (χ0) is 13.3. The molecule has 0 spiro atoms. The maximum Gasteiger partial charge on any atom is 0.259 e. The number of amides is 1. The van der Waals surface area contributed by atoms with Crippen LogP contribution in [0.1, 0.15) is 27.2 Å². The van der Waals surface area contributed by atoms with Crippen LogP contribution in [-0.4, -0.2) is 5.91 Å². The van der Waals surface area contributed by atoms with Crippen molar-refractivity contribution in [3.63, 3.8) is 0 Å². The van der Waals surface area contributed by atoms with Gasteiger partial charge in [0.2, 0.25) is 0 Å². The number of hydrogen-bond donors (Lipinski definition) is 2. The van der Waals surface area contributed by atoms with Crippen molar-refractivity contribution in [2.24, 2.45) is 0 Å². The summed E-state index contributed by atoms with van der Waals surface area (Å²) in [6.07, 6.45) is 1.50. The minimum atomic E-state index is -0.187. The summed E-state index contributed by atoms with van der Waals surface area (Å²) in [7, 11) is 0. The summed E-state index contributed by atoms with van der Waals surface area (Å²) >= 11 is 0. The van der Waals surface area contributed by atoms with Crippen molar-refractivity contribution >= 4 is 17.3 Å². The number of furan rings is 1. The van der Waals surface area contributed by atoms with E-state index >= 15 is 0 Å². The van der Waals surface area contributed by atoms with Crippen LogP contribution in [0.25, 0.3) is 0 Å². The Kier molecular flexibility index (Phi) is 3.10. The van der Waals surface area contributed by atoms with Crippen molar-refractivity contribution in [3.05, 3.63) is 46.9 Å². The Balaban J connectivity index is 2.28. The number of anilines is 2. The maximum atomic E-state index is 12.0. The quantitative estimate of drug-likeness (QED) is 0.798. The van der Waals surface area contributed by atoms with Crippen LogP contribution in [0.4, 0.5) is 11.4 Å². The molecule has 0 atom stereocenters. The molecule has 0 bridgehead atoms. The predicted molar refractivity (Wildman–Crippen MR) is 71.7 cm³/mol. The van der Waals surface area contributed by atoms with Gasteiger partial charge in [0, 0.05) is 11.4 Å². The van der Waals surface area contributed by atoms with Gasteiger partial charge in [-0.3, -0.25) is 4.79 Å². The molecule has 2 rings (SSSR count). The molecule has 1 aromatic carbocycles. The van der Waals surface area contributed by atoms with Gasteiger partial charge >= 0.3 is 0 Å². The highest BCUT2D eigenvalue weighted by Crippen LogP contribution is 2.23. The molecule has 2 aromatic rings. The number of rotatable bonds is 2. The Morgan fingerprint density at radius 1 is 1.22 bits per heavy atom. The van der Waals surface area contributed by atoms with Gasteiger partial charge in [0.05, 0.1) is 11.8 Å². The van der Waals surface area contributed by atoms with E-state index in [1.165, 1.54) is 6.26 Å². The average molecular weight is 244 g/mol. The SMILES string of the molecule is Cc1cc(C)c(NC(=O)c2ccoc2C)cc1N. The van der Waals surface area contributed by atoms with Gasteiger partial charge in [-0.1, -0.05) is 6.07 Å². The topological polar surface area (TPSA) is 68.3 Å². The van der Waals surface area contributed by atoms with Crippen LogP contribution in [0, 0.1) is 20.8 Å². The molecule has 0 aliphatic rings. The second-order valence-corrected chi connectivity index (χ2v) is 4.37. The minimum Gasteiger partial charge on any atom is -0.469 e. The van der Waals surface area contributed by atoms with Crippen molar-refractivity contribution in [2.75, 3.05) is 11.1 Å². The molecule has 4 heteroatoms. The number of aryl methyl sites for hydroxylation is 3. The molecule has 3 N–H and O–H groups in total. The monoisotopic (exact) mass is 244 g/mol. The van der Waals surface area contributed by atoms with Crippen molar-refractivity contribution < 1.29 is 9.21 Å². The number of hydrogen-bond acceptors (Lipinski definition) is 3. The summed E-state index contributed by atoms with van der Waals surface area (Å²) in [5.74, 6) is 0.415. The van der Waals surface area contributed by atoms with Crippen LogP contribution in [0.5, 0.6) is 0 Å². The molecule has 4 nitrogen and oxygen atoms in total. The lowest BCUT2D eigenvalue weighted by Crippen LogP contribution is -2.13. The first-order chi connectivity index (χ1) is 8.49. The molecule has 18 heavy (non-hydrogen) atoms. The fourth-order valence-corrected chi connectivity index (χ4v) is 1.81. The van der Waals surface area contributed by atoms with Gasteiger partial charge in [-0.25, -0.2) is 0 Å². The lowest BCUT2D eigenvalue weighted by molar-refractivity contribution is 0.102. The maximum absolute atomic E-state index is 12.0.